The number of likely N-dealkylation sites (tertiary alicyclic amines) is 2. The van der Waals surface area contributed by atoms with Crippen LogP contribution in [0.3, 0.4) is 0 Å². The zero-order valence-corrected chi connectivity index (χ0v) is 39.4. The van der Waals surface area contributed by atoms with Crippen LogP contribution in [0.5, 0.6) is 5.75 Å². The number of nitrogens with two attached hydrogens (primary N) is 2. The predicted octanol–water partition coefficient (Wildman–Crippen LogP) is 7.95. The average molecular weight is 899 g/mol. The molecule has 4 saturated carbocycles. The molecule has 13 nitrogen and oxygen atoms in total. The molecule has 0 amide bonds. The molecule has 10 rings (SSSR count). The molecule has 7 aliphatic rings. The number of allylic oxidation sites excluding steroid dienone is 3. The minimum absolute atomic E-state index is 0.0190. The van der Waals surface area contributed by atoms with Crippen molar-refractivity contribution in [2.45, 2.75) is 97.7 Å². The van der Waals surface area contributed by atoms with Crippen LogP contribution in [0.4, 0.5) is 5.13 Å². The van der Waals surface area contributed by atoms with E-state index in [0.717, 1.165) is 83.6 Å². The van der Waals surface area contributed by atoms with Gasteiger partial charge in [0.25, 0.3) is 0 Å². The lowest BCUT2D eigenvalue weighted by Crippen LogP contribution is -2.44. The summed E-state index contributed by atoms with van der Waals surface area (Å²) in [6.07, 6.45) is 14.9. The summed E-state index contributed by atoms with van der Waals surface area (Å²) >= 11 is 1.48. The molecule has 4 heterocycles. The number of nitrogens with zero attached hydrogens (tertiary/aromatic N) is 5. The highest BCUT2D eigenvalue weighted by atomic mass is 32.1. The van der Waals surface area contributed by atoms with Crippen LogP contribution in [0.2, 0.25) is 0 Å². The second-order valence-electron chi connectivity index (χ2n) is 19.8. The minimum Gasteiger partial charge on any atom is -0.607 e. The molecule has 4 bridgehead atoms. The van der Waals surface area contributed by atoms with Gasteiger partial charge in [0.05, 0.1) is 41.2 Å². The normalized spacial score (nSPS) is 29.9. The maximum Gasteiger partial charge on any atom is 0.212 e. The molecule has 1 aromatic heterocycles. The Hall–Kier alpha value is -5.44. The van der Waals surface area contributed by atoms with E-state index in [1.807, 2.05) is 79.4 Å². The first-order valence-electron chi connectivity index (χ1n) is 23.2. The highest BCUT2D eigenvalue weighted by Crippen LogP contribution is 2.78. The summed E-state index contributed by atoms with van der Waals surface area (Å²) in [4.78, 5) is 19.1. The van der Waals surface area contributed by atoms with Crippen LogP contribution in [-0.4, -0.2) is 84.2 Å². The summed E-state index contributed by atoms with van der Waals surface area (Å²) in [5.74, 6) is 1.34. The molecule has 14 heteroatoms. The van der Waals surface area contributed by atoms with Crippen LogP contribution in [0, 0.1) is 21.7 Å². The van der Waals surface area contributed by atoms with Crippen molar-refractivity contribution in [3.05, 3.63) is 112 Å². The van der Waals surface area contributed by atoms with Crippen LogP contribution in [-0.2, 0) is 16.1 Å². The van der Waals surface area contributed by atoms with Gasteiger partial charge >= 0.3 is 0 Å². The van der Waals surface area contributed by atoms with Gasteiger partial charge in [-0.3, -0.25) is 10.4 Å². The van der Waals surface area contributed by atoms with E-state index < -0.39 is 5.95 Å². The van der Waals surface area contributed by atoms with E-state index >= 15 is 0 Å². The first kappa shape index (κ1) is 44.7. The molecular weight excluding hydrogens is 835 g/mol. The number of hydrogen-bond acceptors (Lipinski definition) is 12. The van der Waals surface area contributed by atoms with Gasteiger partial charge in [-0.25, -0.2) is 9.98 Å². The van der Waals surface area contributed by atoms with Crippen molar-refractivity contribution in [1.29, 1.82) is 5.41 Å². The Balaban J connectivity index is 0.985. The van der Waals surface area contributed by atoms with Gasteiger partial charge in [0.15, 0.2) is 0 Å². The van der Waals surface area contributed by atoms with Crippen LogP contribution >= 0.6 is 11.3 Å². The zero-order valence-electron chi connectivity index (χ0n) is 38.6. The van der Waals surface area contributed by atoms with E-state index in [1.54, 1.807) is 13.3 Å². The monoisotopic (exact) mass is 898 g/mol. The second kappa shape index (κ2) is 17.7. The number of amidine groups is 2. The molecule has 3 aromatic rings. The highest BCUT2D eigenvalue weighted by Gasteiger charge is 2.73. The fraction of sp³-hybridized carbons (Fsp3) is 0.490. The lowest BCUT2D eigenvalue weighted by atomic mass is 9.65. The molecule has 6 N–H and O–H groups in total. The van der Waals surface area contributed by atoms with E-state index in [-0.39, 0.29) is 40.0 Å². The first-order valence-corrected chi connectivity index (χ1v) is 24.0. The summed E-state index contributed by atoms with van der Waals surface area (Å²) in [5, 5.41) is 27.8. The van der Waals surface area contributed by atoms with Gasteiger partial charge in [-0.1, -0.05) is 49.4 Å². The standard InChI is InChI=1S/C51H65N9O4S/c1-33(44(53)58-47-56-40-12-6-7-13-41(40)65-47)37-11-10-22-60(45(37)54)42-19-18-38(43(57-42)46(61)63-26-35-14-16-36(62-5)17-15-35)39(25-52)34(2)55-32-50-28-48(3)27-49(50,4)30-51(29-48,31-50)64-24-23-59-20-8-9-21-59/h6-7,12-19,25,54,57,61H,8-11,20-24,26-32,52H2,1-5H3,(H2,53,56,58)/p-1/b37-33-,39-25+,46-43-,54-45?,55-34?. The number of nitrogens with one attached hydrogen (secondary N) is 2. The van der Waals surface area contributed by atoms with Gasteiger partial charge in [0.1, 0.15) is 23.2 Å². The van der Waals surface area contributed by atoms with Gasteiger partial charge in [-0.05, 0) is 149 Å². The van der Waals surface area contributed by atoms with Gasteiger partial charge in [0, 0.05) is 54.9 Å². The number of thiazole rings is 1. The van der Waals surface area contributed by atoms with Gasteiger partial charge < -0.3 is 45.9 Å². The minimum atomic E-state index is -0.550. The molecule has 4 atom stereocenters. The maximum absolute atomic E-state index is 14.3. The van der Waals surface area contributed by atoms with E-state index in [1.165, 1.54) is 43.7 Å². The molecule has 0 spiro atoms. The SMILES string of the molecule is COc1ccc(CO/C([O-])=C2\NC(N3CCC/C(=C(C)/C(N)=N/c4nc5ccccc5s4)C3=N)=CC=C2/C(=C/N)C(C)=NCC23CC4(C)CC(OCCN5CCCC5)(CC2(C)C4)C3)cc1. The Bertz CT molecular complexity index is 2530. The Kier molecular flexibility index (Phi) is 12.2. The first-order chi connectivity index (χ1) is 31.2. The lowest BCUT2D eigenvalue weighted by molar-refractivity contribution is -0.361. The molecular formula is C51H64N9O4S-. The number of fused-ring (bicyclic) bond motifs is 1. The van der Waals surface area contributed by atoms with Crippen LogP contribution in [0.15, 0.2) is 117 Å². The number of benzene rings is 2. The van der Waals surface area contributed by atoms with Crippen molar-refractivity contribution in [2.75, 3.05) is 46.4 Å². The van der Waals surface area contributed by atoms with Gasteiger partial charge in [-0.15, -0.1) is 0 Å². The Morgan fingerprint density at radius 1 is 1.00 bits per heavy atom. The van der Waals surface area contributed by atoms with Crippen molar-refractivity contribution in [2.24, 2.45) is 37.7 Å². The molecule has 4 aliphatic carbocycles. The third kappa shape index (κ3) is 8.72. The summed E-state index contributed by atoms with van der Waals surface area (Å²) in [6.45, 7) is 14.3. The number of aromatic nitrogens is 1. The van der Waals surface area contributed by atoms with E-state index in [0.29, 0.717) is 47.4 Å². The van der Waals surface area contributed by atoms with Crippen molar-refractivity contribution < 1.29 is 19.3 Å². The smallest absolute Gasteiger partial charge is 0.212 e. The van der Waals surface area contributed by atoms with Crippen LogP contribution < -0.4 is 26.6 Å². The quantitative estimate of drug-likeness (QED) is 0.0664. The summed E-state index contributed by atoms with van der Waals surface area (Å²) < 4.78 is 19.3. The average Bonchev–Trinajstić information content (AvgIpc) is 4.03. The fourth-order valence-corrected chi connectivity index (χ4v) is 13.3. The molecule has 2 saturated heterocycles. The molecule has 3 aliphatic heterocycles. The Morgan fingerprint density at radius 2 is 1.78 bits per heavy atom. The third-order valence-electron chi connectivity index (χ3n) is 15.1. The fourth-order valence-electron chi connectivity index (χ4n) is 12.4. The Labute approximate surface area is 387 Å². The molecule has 4 unspecified atom stereocenters. The van der Waals surface area contributed by atoms with Gasteiger partial charge in [0.2, 0.25) is 5.13 Å². The number of para-hydroxylation sites is 1. The lowest BCUT2D eigenvalue weighted by Gasteiger charge is -2.46. The Morgan fingerprint density at radius 3 is 2.54 bits per heavy atom. The van der Waals surface area contributed by atoms with E-state index in [9.17, 15) is 10.5 Å². The number of aliphatic imine (C=N–C) groups is 2. The van der Waals surface area contributed by atoms with Crippen molar-refractivity contribution >= 4 is 44.1 Å². The summed E-state index contributed by atoms with van der Waals surface area (Å²) in [7, 11) is 1.62. The number of piperidine rings is 1. The van der Waals surface area contributed by atoms with Crippen molar-refractivity contribution in [3.8, 4) is 5.75 Å². The number of hydrogen-bond donors (Lipinski definition) is 4. The van der Waals surface area contributed by atoms with Crippen LogP contribution in [0.25, 0.3) is 10.2 Å². The van der Waals surface area contributed by atoms with Crippen molar-refractivity contribution in [1.82, 2.24) is 20.1 Å². The zero-order chi connectivity index (χ0) is 45.6. The second-order valence-corrected chi connectivity index (χ2v) is 20.8. The maximum atomic E-state index is 14.3. The van der Waals surface area contributed by atoms with Gasteiger partial charge in [-0.2, -0.15) is 0 Å². The number of methoxy groups -OCH3 is 1. The summed E-state index contributed by atoms with van der Waals surface area (Å²) in [5.41, 5.74) is 18.8. The number of rotatable bonds is 15. The molecule has 6 fully saturated rings. The molecule has 2 aromatic carbocycles. The predicted molar refractivity (Wildman–Crippen MR) is 258 cm³/mol. The highest BCUT2D eigenvalue weighted by molar-refractivity contribution is 7.22. The number of ether oxygens (including phenoxy) is 3. The van der Waals surface area contributed by atoms with Crippen LogP contribution in [0.1, 0.15) is 91.0 Å². The molecule has 0 radical (unpaired) electrons. The van der Waals surface area contributed by atoms with Crippen molar-refractivity contribution in [3.63, 3.8) is 0 Å². The van der Waals surface area contributed by atoms with E-state index in [2.05, 4.69) is 34.0 Å². The largest absolute Gasteiger partial charge is 0.607 e. The third-order valence-corrected chi connectivity index (χ3v) is 16.0. The molecule has 344 valence electrons. The van der Waals surface area contributed by atoms with E-state index in [4.69, 9.17) is 30.7 Å². The topological polar surface area (TPSA) is 183 Å². The number of dihydropyridines is 1. The molecule has 65 heavy (non-hydrogen) atoms. The summed E-state index contributed by atoms with van der Waals surface area (Å²) in [6, 6.07) is 15.3.